The van der Waals surface area contributed by atoms with Crippen molar-refractivity contribution in [1.82, 2.24) is 45.8 Å². The number of aromatic amines is 2. The number of hydrogen-bond acceptors (Lipinski definition) is 11. The molecule has 5 aromatic rings. The summed E-state index contributed by atoms with van der Waals surface area (Å²) >= 11 is 0. The van der Waals surface area contributed by atoms with Gasteiger partial charge in [0, 0.05) is 35.7 Å². The van der Waals surface area contributed by atoms with Gasteiger partial charge in [0.1, 0.15) is 17.9 Å². The van der Waals surface area contributed by atoms with Gasteiger partial charge in [-0.1, -0.05) is 37.5 Å². The van der Waals surface area contributed by atoms with E-state index in [1.54, 1.807) is 7.05 Å². The van der Waals surface area contributed by atoms with Gasteiger partial charge in [0.2, 0.25) is 5.91 Å². The zero-order valence-electron chi connectivity index (χ0n) is 34.0. The summed E-state index contributed by atoms with van der Waals surface area (Å²) in [5.74, 6) is 2.39. The third-order valence-electron chi connectivity index (χ3n) is 9.99. The van der Waals surface area contributed by atoms with E-state index in [9.17, 15) is 14.4 Å². The number of unbranched alkanes of at least 4 members (excludes halogenated alkanes) is 1. The second-order valence-electron chi connectivity index (χ2n) is 14.7. The summed E-state index contributed by atoms with van der Waals surface area (Å²) in [6.07, 6.45) is 15.7. The number of amides is 2. The number of pyridine rings is 1. The first-order chi connectivity index (χ1) is 28.3. The molecule has 4 heterocycles. The maximum atomic E-state index is 11.5. The number of fused-ring (bicyclic) bond motifs is 2. The number of aromatic nitrogens is 5. The Morgan fingerprint density at radius 3 is 2.36 bits per heavy atom. The molecule has 2 saturated carbocycles. The molecule has 3 fully saturated rings. The quantitative estimate of drug-likeness (QED) is 0.0666. The minimum atomic E-state index is -0.533. The number of hydrogen-bond donors (Lipinski definition) is 5. The maximum absolute atomic E-state index is 11.5. The second kappa shape index (κ2) is 22.3. The van der Waals surface area contributed by atoms with Crippen LogP contribution in [0, 0.1) is 5.92 Å². The minimum absolute atomic E-state index is 0.0286. The lowest BCUT2D eigenvalue weighted by Gasteiger charge is -2.16. The summed E-state index contributed by atoms with van der Waals surface area (Å²) in [5, 5.41) is 10.4. The van der Waals surface area contributed by atoms with Crippen molar-refractivity contribution in [3.63, 3.8) is 0 Å². The van der Waals surface area contributed by atoms with E-state index in [2.05, 4.69) is 94.8 Å². The van der Waals surface area contributed by atoms with Crippen LogP contribution in [-0.2, 0) is 30.3 Å². The number of methoxy groups -OCH3 is 2. The Morgan fingerprint density at radius 2 is 1.71 bits per heavy atom. The molecule has 1 saturated heterocycles. The van der Waals surface area contributed by atoms with Crippen LogP contribution in [0.4, 0.5) is 4.79 Å². The number of aryl methyl sites for hydroxylation is 1. The topological polar surface area (TPSA) is 196 Å². The molecule has 0 spiro atoms. The van der Waals surface area contributed by atoms with Gasteiger partial charge < -0.3 is 40.2 Å². The number of imidazole rings is 2. The number of carbonyl (C=O) groups is 4. The van der Waals surface area contributed by atoms with Gasteiger partial charge in [-0.3, -0.25) is 19.5 Å². The van der Waals surface area contributed by atoms with E-state index in [0.29, 0.717) is 31.5 Å². The molecular weight excluding hydrogens is 739 g/mol. The summed E-state index contributed by atoms with van der Waals surface area (Å²) in [7, 11) is 6.53. The Kier molecular flexibility index (Phi) is 16.7. The molecule has 2 amide bonds. The fraction of sp³-hybridized carbons (Fsp3) is 0.465. The van der Waals surface area contributed by atoms with Crippen molar-refractivity contribution >= 4 is 46.6 Å². The average molecular weight is 796 g/mol. The summed E-state index contributed by atoms with van der Waals surface area (Å²) in [5.41, 5.74) is 6.16. The number of rotatable bonds is 14. The summed E-state index contributed by atoms with van der Waals surface area (Å²) in [4.78, 5) is 65.1. The molecule has 8 rings (SSSR count). The number of carbonyl (C=O) groups excluding carboxylic acids is 4. The molecule has 2 aromatic carbocycles. The van der Waals surface area contributed by atoms with Crippen LogP contribution in [-0.4, -0.2) is 109 Å². The number of aldehydes is 1. The molecule has 310 valence electrons. The normalized spacial score (nSPS) is 16.0. The lowest BCUT2D eigenvalue weighted by Crippen LogP contribution is -2.37. The van der Waals surface area contributed by atoms with Crippen molar-refractivity contribution in [3.8, 4) is 22.5 Å². The minimum Gasteiger partial charge on any atom is -0.471 e. The SMILES string of the molecule is C1CC1.CNCC(=O)NCCCCc1ncc(-c2ccc3cc(-c4ccc5nc(C6CCCN6C)[nH]c5c4)ncc3c2)[nH]1.COC(=O)NC(C=O)C1CC1.COC=O. The molecule has 15 heteroatoms. The standard InChI is InChI=1S/C31H36N8O.C7H11NO3.C3H6.C2H4O2/c1-32-19-30(40)33-12-4-3-7-29-35-18-27(36-29)21-9-8-20-15-25(34-17-23(20)14-21)22-10-11-24-26(16-22)38-31(37-24)28-6-5-13-39(28)2;1-11-7(10)8-6(4-9)5-2-3-5;1-2-3-1;1-4-2-3/h8-11,14-18,28,32H,3-7,12-13,19H2,1-2H3,(H,33,40)(H,35,36)(H,37,38);4-6H,2-3H2,1H3,(H,8,10);1-3H2;2H,1H3. The number of nitrogens with zero attached hydrogens (tertiary/aromatic N) is 4. The molecule has 3 aliphatic rings. The Morgan fingerprint density at radius 1 is 0.931 bits per heavy atom. The van der Waals surface area contributed by atoms with E-state index in [-0.39, 0.29) is 11.9 Å². The highest BCUT2D eigenvalue weighted by Crippen LogP contribution is 2.33. The second-order valence-corrected chi connectivity index (χ2v) is 14.7. The van der Waals surface area contributed by atoms with Crippen LogP contribution in [0.2, 0.25) is 0 Å². The number of H-pyrrole nitrogens is 2. The Labute approximate surface area is 339 Å². The number of likely N-dealkylation sites (N-methyl/N-ethyl adjacent to an activating group) is 1. The zero-order chi connectivity index (χ0) is 41.3. The molecule has 0 bridgehead atoms. The van der Waals surface area contributed by atoms with E-state index >= 15 is 0 Å². The Bertz CT molecular complexity index is 2090. The van der Waals surface area contributed by atoms with Crippen molar-refractivity contribution in [3.05, 3.63) is 66.5 Å². The molecule has 2 unspecified atom stereocenters. The number of alkyl carbamates (subject to hydrolysis) is 1. The molecule has 2 atom stereocenters. The fourth-order valence-electron chi connectivity index (χ4n) is 6.49. The van der Waals surface area contributed by atoms with Gasteiger partial charge >= 0.3 is 6.09 Å². The highest BCUT2D eigenvalue weighted by Gasteiger charge is 2.32. The maximum Gasteiger partial charge on any atom is 0.407 e. The Balaban J connectivity index is 0.000000294. The molecule has 3 aromatic heterocycles. The molecule has 2 aliphatic carbocycles. The fourth-order valence-corrected chi connectivity index (χ4v) is 6.49. The van der Waals surface area contributed by atoms with Gasteiger partial charge in [0.05, 0.1) is 61.5 Å². The largest absolute Gasteiger partial charge is 0.471 e. The highest BCUT2D eigenvalue weighted by atomic mass is 16.5. The molecule has 1 aliphatic heterocycles. The molecule has 15 nitrogen and oxygen atoms in total. The summed E-state index contributed by atoms with van der Waals surface area (Å²) < 4.78 is 8.21. The summed E-state index contributed by atoms with van der Waals surface area (Å²) in [6.45, 7) is 2.53. The van der Waals surface area contributed by atoms with Crippen molar-refractivity contribution < 1.29 is 28.7 Å². The van der Waals surface area contributed by atoms with Crippen LogP contribution < -0.4 is 16.0 Å². The molecular formula is C43H57N9O6. The number of nitrogens with one attached hydrogen (secondary N) is 5. The predicted molar refractivity (Wildman–Crippen MR) is 224 cm³/mol. The molecule has 58 heavy (non-hydrogen) atoms. The van der Waals surface area contributed by atoms with Crippen LogP contribution in [0.1, 0.15) is 75.5 Å². The van der Waals surface area contributed by atoms with Crippen molar-refractivity contribution in [2.24, 2.45) is 5.92 Å². The van der Waals surface area contributed by atoms with Gasteiger partial charge in [0.15, 0.2) is 0 Å². The third kappa shape index (κ3) is 13.2. The highest BCUT2D eigenvalue weighted by molar-refractivity contribution is 5.90. The van der Waals surface area contributed by atoms with Crippen LogP contribution in [0.15, 0.2) is 54.9 Å². The van der Waals surface area contributed by atoms with E-state index in [1.807, 2.05) is 12.4 Å². The number of likely N-dealkylation sites (tertiary alicyclic amines) is 1. The van der Waals surface area contributed by atoms with Crippen LogP contribution >= 0.6 is 0 Å². The van der Waals surface area contributed by atoms with E-state index in [1.165, 1.54) is 39.9 Å². The molecule has 0 radical (unpaired) electrons. The van der Waals surface area contributed by atoms with Gasteiger partial charge in [-0.05, 0) is 94.7 Å². The van der Waals surface area contributed by atoms with Crippen molar-refractivity contribution in [2.45, 2.75) is 76.3 Å². The number of ether oxygens (including phenoxy) is 2. The first kappa shape index (κ1) is 43.5. The lowest BCUT2D eigenvalue weighted by molar-refractivity contribution is -0.126. The smallest absolute Gasteiger partial charge is 0.407 e. The van der Waals surface area contributed by atoms with E-state index < -0.39 is 6.09 Å². The summed E-state index contributed by atoms with van der Waals surface area (Å²) in [6, 6.07) is 15.0. The van der Waals surface area contributed by atoms with Crippen LogP contribution in [0.25, 0.3) is 44.3 Å². The van der Waals surface area contributed by atoms with E-state index in [0.717, 1.165) is 107 Å². The zero-order valence-corrected chi connectivity index (χ0v) is 34.0. The van der Waals surface area contributed by atoms with Gasteiger partial charge in [-0.2, -0.15) is 0 Å². The van der Waals surface area contributed by atoms with Crippen molar-refractivity contribution in [1.29, 1.82) is 0 Å². The van der Waals surface area contributed by atoms with Gasteiger partial charge in [-0.25, -0.2) is 14.8 Å². The first-order valence-electron chi connectivity index (χ1n) is 20.1. The lowest BCUT2D eigenvalue weighted by atomic mass is 10.0. The monoisotopic (exact) mass is 795 g/mol. The third-order valence-corrected chi connectivity index (χ3v) is 9.99. The first-order valence-corrected chi connectivity index (χ1v) is 20.1. The molecule has 5 N–H and O–H groups in total. The Hall–Kier alpha value is -5.67. The average Bonchev–Trinajstić information content (AvgIpc) is 4.18. The van der Waals surface area contributed by atoms with Gasteiger partial charge in [-0.15, -0.1) is 0 Å². The van der Waals surface area contributed by atoms with Crippen LogP contribution in [0.5, 0.6) is 0 Å². The van der Waals surface area contributed by atoms with Crippen LogP contribution in [0.3, 0.4) is 0 Å². The number of benzene rings is 2. The predicted octanol–water partition coefficient (Wildman–Crippen LogP) is 5.87. The van der Waals surface area contributed by atoms with Gasteiger partial charge in [0.25, 0.3) is 6.47 Å². The van der Waals surface area contributed by atoms with Crippen molar-refractivity contribution in [2.75, 3.05) is 47.9 Å². The van der Waals surface area contributed by atoms with E-state index in [4.69, 9.17) is 14.8 Å².